The van der Waals surface area contributed by atoms with Crippen LogP contribution in [0.3, 0.4) is 0 Å². The number of methoxy groups -OCH3 is 1. The molecule has 0 aromatic heterocycles. The number of carbonyl (C=O) groups is 1. The SMILES string of the molecule is CNC(=O)C(C)Oc1cc(CNC2CC2)ccc1OC. The summed E-state index contributed by atoms with van der Waals surface area (Å²) >= 11 is 0. The number of amides is 1. The smallest absolute Gasteiger partial charge is 0.260 e. The van der Waals surface area contributed by atoms with E-state index in [4.69, 9.17) is 9.47 Å². The zero-order chi connectivity index (χ0) is 14.5. The monoisotopic (exact) mass is 278 g/mol. The van der Waals surface area contributed by atoms with E-state index in [1.54, 1.807) is 21.1 Å². The normalized spacial score (nSPS) is 15.6. The first-order chi connectivity index (χ1) is 9.63. The molecule has 2 N–H and O–H groups in total. The fraction of sp³-hybridized carbons (Fsp3) is 0.533. The minimum atomic E-state index is -0.555. The number of nitrogens with one attached hydrogen (secondary N) is 2. The van der Waals surface area contributed by atoms with Crippen LogP contribution in [0.25, 0.3) is 0 Å². The number of carbonyl (C=O) groups excluding carboxylic acids is 1. The van der Waals surface area contributed by atoms with Crippen molar-refractivity contribution in [3.05, 3.63) is 23.8 Å². The van der Waals surface area contributed by atoms with E-state index < -0.39 is 6.10 Å². The van der Waals surface area contributed by atoms with Crippen LogP contribution in [0.5, 0.6) is 11.5 Å². The lowest BCUT2D eigenvalue weighted by Crippen LogP contribution is -2.33. The molecular weight excluding hydrogens is 256 g/mol. The predicted octanol–water partition coefficient (Wildman–Crippen LogP) is 1.46. The average Bonchev–Trinajstić information content (AvgIpc) is 3.28. The van der Waals surface area contributed by atoms with Crippen molar-refractivity contribution in [2.24, 2.45) is 0 Å². The zero-order valence-electron chi connectivity index (χ0n) is 12.2. The van der Waals surface area contributed by atoms with Gasteiger partial charge in [0.05, 0.1) is 7.11 Å². The Balaban J connectivity index is 2.06. The standard InChI is InChI=1S/C15H22N2O3/c1-10(15(18)16-2)20-14-8-11(4-7-13(14)19-3)9-17-12-5-6-12/h4,7-8,10,12,17H,5-6,9H2,1-3H3,(H,16,18). The van der Waals surface area contributed by atoms with Crippen molar-refractivity contribution >= 4 is 5.91 Å². The quantitative estimate of drug-likeness (QED) is 0.793. The summed E-state index contributed by atoms with van der Waals surface area (Å²) in [6.07, 6.45) is 1.96. The Morgan fingerprint density at radius 1 is 1.40 bits per heavy atom. The van der Waals surface area contributed by atoms with Crippen molar-refractivity contribution in [1.29, 1.82) is 0 Å². The molecule has 0 radical (unpaired) electrons. The Morgan fingerprint density at radius 3 is 2.75 bits per heavy atom. The minimum absolute atomic E-state index is 0.159. The molecule has 1 fully saturated rings. The predicted molar refractivity (Wildman–Crippen MR) is 77.0 cm³/mol. The Kier molecular flexibility index (Phi) is 4.84. The molecular formula is C15H22N2O3. The van der Waals surface area contributed by atoms with Gasteiger partial charge < -0.3 is 20.1 Å². The highest BCUT2D eigenvalue weighted by atomic mass is 16.5. The number of ether oxygens (including phenoxy) is 2. The van der Waals surface area contributed by atoms with Crippen LogP contribution < -0.4 is 20.1 Å². The van der Waals surface area contributed by atoms with E-state index in [1.165, 1.54) is 12.8 Å². The van der Waals surface area contributed by atoms with Gasteiger partial charge in [-0.25, -0.2) is 0 Å². The largest absolute Gasteiger partial charge is 0.493 e. The molecule has 5 nitrogen and oxygen atoms in total. The first-order valence-electron chi connectivity index (χ1n) is 6.92. The number of benzene rings is 1. The fourth-order valence-electron chi connectivity index (χ4n) is 1.92. The second-order valence-electron chi connectivity index (χ2n) is 5.01. The summed E-state index contributed by atoms with van der Waals surface area (Å²) in [5, 5.41) is 6.02. The van der Waals surface area contributed by atoms with E-state index in [2.05, 4.69) is 10.6 Å². The van der Waals surface area contributed by atoms with Crippen molar-refractivity contribution in [2.45, 2.75) is 38.5 Å². The molecule has 1 aliphatic rings. The molecule has 0 bridgehead atoms. The van der Waals surface area contributed by atoms with Gasteiger partial charge in [0.1, 0.15) is 0 Å². The number of hydrogen-bond donors (Lipinski definition) is 2. The molecule has 1 aliphatic carbocycles. The summed E-state index contributed by atoms with van der Waals surface area (Å²) in [6, 6.07) is 6.46. The molecule has 110 valence electrons. The van der Waals surface area contributed by atoms with Gasteiger partial charge in [-0.1, -0.05) is 6.07 Å². The number of likely N-dealkylation sites (N-methyl/N-ethyl adjacent to an activating group) is 1. The van der Waals surface area contributed by atoms with E-state index in [-0.39, 0.29) is 5.91 Å². The van der Waals surface area contributed by atoms with Gasteiger partial charge in [-0.3, -0.25) is 4.79 Å². The summed E-state index contributed by atoms with van der Waals surface area (Å²) in [7, 11) is 3.18. The highest BCUT2D eigenvalue weighted by molar-refractivity contribution is 5.80. The van der Waals surface area contributed by atoms with E-state index in [0.717, 1.165) is 12.1 Å². The van der Waals surface area contributed by atoms with Crippen LogP contribution in [0.15, 0.2) is 18.2 Å². The molecule has 0 heterocycles. The van der Waals surface area contributed by atoms with Gasteiger partial charge in [-0.05, 0) is 37.5 Å². The van der Waals surface area contributed by atoms with Gasteiger partial charge in [0, 0.05) is 19.6 Å². The summed E-state index contributed by atoms with van der Waals surface area (Å²) in [4.78, 5) is 11.5. The number of rotatable bonds is 7. The van der Waals surface area contributed by atoms with Gasteiger partial charge in [0.15, 0.2) is 17.6 Å². The van der Waals surface area contributed by atoms with Crippen LogP contribution >= 0.6 is 0 Å². The van der Waals surface area contributed by atoms with Crippen molar-refractivity contribution in [3.63, 3.8) is 0 Å². The van der Waals surface area contributed by atoms with E-state index >= 15 is 0 Å². The zero-order valence-corrected chi connectivity index (χ0v) is 12.2. The van der Waals surface area contributed by atoms with Crippen molar-refractivity contribution in [2.75, 3.05) is 14.2 Å². The second-order valence-corrected chi connectivity index (χ2v) is 5.01. The Hall–Kier alpha value is -1.75. The van der Waals surface area contributed by atoms with Gasteiger partial charge in [-0.2, -0.15) is 0 Å². The lowest BCUT2D eigenvalue weighted by Gasteiger charge is -2.16. The molecule has 1 aromatic rings. The molecule has 5 heteroatoms. The van der Waals surface area contributed by atoms with Crippen LogP contribution in [-0.4, -0.2) is 32.2 Å². The summed E-state index contributed by atoms with van der Waals surface area (Å²) in [5.41, 5.74) is 1.12. The van der Waals surface area contributed by atoms with E-state index in [1.807, 2.05) is 18.2 Å². The van der Waals surface area contributed by atoms with Crippen molar-refractivity contribution < 1.29 is 14.3 Å². The van der Waals surface area contributed by atoms with Gasteiger partial charge >= 0.3 is 0 Å². The Morgan fingerprint density at radius 2 is 2.15 bits per heavy atom. The molecule has 1 unspecified atom stereocenters. The lowest BCUT2D eigenvalue weighted by atomic mass is 10.2. The second kappa shape index (κ2) is 6.61. The van der Waals surface area contributed by atoms with Crippen LogP contribution in [-0.2, 0) is 11.3 Å². The maximum atomic E-state index is 11.5. The molecule has 1 aromatic carbocycles. The summed E-state index contributed by atoms with van der Waals surface area (Å²) in [5.74, 6) is 1.07. The van der Waals surface area contributed by atoms with Crippen molar-refractivity contribution in [3.8, 4) is 11.5 Å². The Bertz CT molecular complexity index is 472. The van der Waals surface area contributed by atoms with E-state index in [9.17, 15) is 4.79 Å². The summed E-state index contributed by atoms with van der Waals surface area (Å²) in [6.45, 7) is 2.52. The molecule has 0 spiro atoms. The molecule has 1 atom stereocenters. The average molecular weight is 278 g/mol. The topological polar surface area (TPSA) is 59.6 Å². The highest BCUT2D eigenvalue weighted by Gasteiger charge is 2.20. The maximum Gasteiger partial charge on any atom is 0.260 e. The first-order valence-corrected chi connectivity index (χ1v) is 6.92. The van der Waals surface area contributed by atoms with Gasteiger partial charge in [0.25, 0.3) is 5.91 Å². The van der Waals surface area contributed by atoms with Crippen LogP contribution in [0.1, 0.15) is 25.3 Å². The molecule has 2 rings (SSSR count). The Labute approximate surface area is 119 Å². The molecule has 1 amide bonds. The first kappa shape index (κ1) is 14.7. The highest BCUT2D eigenvalue weighted by Crippen LogP contribution is 2.29. The third-order valence-corrected chi connectivity index (χ3v) is 3.32. The molecule has 0 aliphatic heterocycles. The van der Waals surface area contributed by atoms with Crippen LogP contribution in [0.2, 0.25) is 0 Å². The van der Waals surface area contributed by atoms with E-state index in [0.29, 0.717) is 17.5 Å². The maximum absolute atomic E-state index is 11.5. The third-order valence-electron chi connectivity index (χ3n) is 3.32. The molecule has 20 heavy (non-hydrogen) atoms. The number of hydrogen-bond acceptors (Lipinski definition) is 4. The van der Waals surface area contributed by atoms with Crippen molar-refractivity contribution in [1.82, 2.24) is 10.6 Å². The molecule has 1 saturated carbocycles. The lowest BCUT2D eigenvalue weighted by molar-refractivity contribution is -0.126. The van der Waals surface area contributed by atoms with Gasteiger partial charge in [0.2, 0.25) is 0 Å². The van der Waals surface area contributed by atoms with Crippen LogP contribution in [0.4, 0.5) is 0 Å². The van der Waals surface area contributed by atoms with Crippen LogP contribution in [0, 0.1) is 0 Å². The summed E-state index contributed by atoms with van der Waals surface area (Å²) < 4.78 is 11.0. The fourth-order valence-corrected chi connectivity index (χ4v) is 1.92. The third kappa shape index (κ3) is 3.87. The van der Waals surface area contributed by atoms with Gasteiger partial charge in [-0.15, -0.1) is 0 Å². The minimum Gasteiger partial charge on any atom is -0.493 e. The molecule has 0 saturated heterocycles.